The van der Waals surface area contributed by atoms with Crippen molar-refractivity contribution in [2.45, 2.75) is 46.1 Å². The average Bonchev–Trinajstić information content (AvgIpc) is 2.66. The van der Waals surface area contributed by atoms with Crippen molar-refractivity contribution in [2.75, 3.05) is 17.2 Å². The maximum Gasteiger partial charge on any atom is 0.316 e. The zero-order valence-electron chi connectivity index (χ0n) is 17.6. The van der Waals surface area contributed by atoms with Gasteiger partial charge < -0.3 is 4.74 Å². The number of ether oxygens (including phenoxy) is 1. The van der Waals surface area contributed by atoms with E-state index >= 15 is 0 Å². The molecule has 0 saturated heterocycles. The maximum absolute atomic E-state index is 13.5. The lowest BCUT2D eigenvalue weighted by molar-refractivity contribution is -0.151. The fourth-order valence-corrected chi connectivity index (χ4v) is 3.71. The summed E-state index contributed by atoms with van der Waals surface area (Å²) in [7, 11) is 0. The number of anilines is 1. The molecular formula is C22H26BrFN2O3S. The molecule has 1 amide bonds. The smallest absolute Gasteiger partial charge is 0.316 e. The zero-order chi connectivity index (χ0) is 22.3. The average molecular weight is 497 g/mol. The summed E-state index contributed by atoms with van der Waals surface area (Å²) in [5, 5.41) is 0.374. The Morgan fingerprint density at radius 3 is 2.53 bits per heavy atom. The first-order valence-corrected chi connectivity index (χ1v) is 11.4. The maximum atomic E-state index is 13.5. The first-order valence-electron chi connectivity index (χ1n) is 9.65. The second-order valence-corrected chi connectivity index (χ2v) is 9.53. The standard InChI is InChI=1S/C22H26BrFN2O3S/c1-5-15-6-7-16(23)12-13-25-21(30-14-19(27)29-22(2,3)4)26(20(15)28)18-10-8-17(24)9-11-18/h6-11H,5,12-14H2,1-4H3/b15-6+,16-7+,25-21?. The Morgan fingerprint density at radius 2 is 1.93 bits per heavy atom. The predicted octanol–water partition coefficient (Wildman–Crippen LogP) is 5.61. The summed E-state index contributed by atoms with van der Waals surface area (Å²) in [6.07, 6.45) is 4.80. The molecule has 1 aromatic carbocycles. The van der Waals surface area contributed by atoms with Crippen molar-refractivity contribution >= 4 is 50.4 Å². The molecule has 0 aromatic heterocycles. The second kappa shape index (κ2) is 10.9. The van der Waals surface area contributed by atoms with E-state index in [0.717, 1.165) is 16.2 Å². The molecule has 5 nitrogen and oxygen atoms in total. The van der Waals surface area contributed by atoms with Gasteiger partial charge in [-0.1, -0.05) is 46.8 Å². The van der Waals surface area contributed by atoms with Gasteiger partial charge >= 0.3 is 5.97 Å². The first kappa shape index (κ1) is 24.3. The number of nitrogens with zero attached hydrogens (tertiary/aromatic N) is 2. The Balaban J connectivity index is 2.43. The van der Waals surface area contributed by atoms with Crippen molar-refractivity contribution in [2.24, 2.45) is 4.99 Å². The third-order valence-corrected chi connectivity index (χ3v) is 5.55. The molecule has 0 atom stereocenters. The predicted molar refractivity (Wildman–Crippen MR) is 124 cm³/mol. The largest absolute Gasteiger partial charge is 0.459 e. The molecule has 0 fully saturated rings. The highest BCUT2D eigenvalue weighted by Gasteiger charge is 2.26. The van der Waals surface area contributed by atoms with Crippen LogP contribution in [0, 0.1) is 5.82 Å². The van der Waals surface area contributed by atoms with Gasteiger partial charge in [0.25, 0.3) is 5.91 Å². The summed E-state index contributed by atoms with van der Waals surface area (Å²) in [4.78, 5) is 31.6. The molecule has 1 aliphatic heterocycles. The van der Waals surface area contributed by atoms with E-state index in [0.29, 0.717) is 35.8 Å². The quantitative estimate of drug-likeness (QED) is 0.508. The lowest BCUT2D eigenvalue weighted by Crippen LogP contribution is -2.37. The number of amidine groups is 1. The lowest BCUT2D eigenvalue weighted by Gasteiger charge is -2.26. The van der Waals surface area contributed by atoms with Crippen LogP contribution >= 0.6 is 27.7 Å². The number of amides is 1. The number of thioether (sulfide) groups is 1. The highest BCUT2D eigenvalue weighted by molar-refractivity contribution is 9.11. The van der Waals surface area contributed by atoms with Gasteiger partial charge in [-0.3, -0.25) is 19.5 Å². The topological polar surface area (TPSA) is 59.0 Å². The molecule has 0 N–H and O–H groups in total. The van der Waals surface area contributed by atoms with Crippen LogP contribution in [-0.2, 0) is 14.3 Å². The van der Waals surface area contributed by atoms with E-state index in [1.165, 1.54) is 29.2 Å². The number of rotatable bonds is 4. The number of carbonyl (C=O) groups is 2. The van der Waals surface area contributed by atoms with E-state index in [4.69, 9.17) is 4.74 Å². The third-order valence-electron chi connectivity index (χ3n) is 3.94. The first-order chi connectivity index (χ1) is 14.1. The molecule has 8 heteroatoms. The lowest BCUT2D eigenvalue weighted by atomic mass is 10.1. The van der Waals surface area contributed by atoms with E-state index in [1.54, 1.807) is 26.8 Å². The van der Waals surface area contributed by atoms with Gasteiger partial charge in [0.05, 0.1) is 11.4 Å². The number of allylic oxidation sites excluding steroid dienone is 2. The minimum atomic E-state index is -0.601. The van der Waals surface area contributed by atoms with Crippen molar-refractivity contribution in [1.82, 2.24) is 0 Å². The Bertz CT molecular complexity index is 873. The van der Waals surface area contributed by atoms with Gasteiger partial charge in [0.2, 0.25) is 0 Å². The molecule has 0 aliphatic carbocycles. The van der Waals surface area contributed by atoms with Crippen LogP contribution in [0.1, 0.15) is 40.5 Å². The van der Waals surface area contributed by atoms with Gasteiger partial charge in [-0.25, -0.2) is 4.39 Å². The molecule has 0 unspecified atom stereocenters. The van der Waals surface area contributed by atoms with Crippen LogP contribution in [-0.4, -0.2) is 34.9 Å². The summed E-state index contributed by atoms with van der Waals surface area (Å²) in [6, 6.07) is 5.65. The van der Waals surface area contributed by atoms with Crippen LogP contribution in [0.25, 0.3) is 0 Å². The van der Waals surface area contributed by atoms with Crippen LogP contribution in [0.4, 0.5) is 10.1 Å². The molecule has 1 aromatic rings. The Kier molecular flexibility index (Phi) is 8.85. The number of esters is 1. The van der Waals surface area contributed by atoms with E-state index in [9.17, 15) is 14.0 Å². The zero-order valence-corrected chi connectivity index (χ0v) is 20.0. The monoisotopic (exact) mass is 496 g/mol. The van der Waals surface area contributed by atoms with Crippen molar-refractivity contribution in [1.29, 1.82) is 0 Å². The molecule has 1 heterocycles. The Morgan fingerprint density at radius 1 is 1.27 bits per heavy atom. The SMILES string of the molecule is CC/C1=C\C=C(\Br)CCN=C(SCC(=O)OC(C)(C)C)N(c2ccc(F)cc2)C1=O. The summed E-state index contributed by atoms with van der Waals surface area (Å²) < 4.78 is 19.8. The number of carbonyl (C=O) groups excluding carboxylic acids is 2. The van der Waals surface area contributed by atoms with E-state index in [2.05, 4.69) is 20.9 Å². The van der Waals surface area contributed by atoms with E-state index < -0.39 is 17.4 Å². The third kappa shape index (κ3) is 7.40. The normalized spacial score (nSPS) is 19.3. The molecule has 162 valence electrons. The molecule has 30 heavy (non-hydrogen) atoms. The van der Waals surface area contributed by atoms with Gasteiger partial charge in [0.1, 0.15) is 11.4 Å². The number of benzene rings is 1. The summed E-state index contributed by atoms with van der Waals surface area (Å²) in [6.45, 7) is 7.71. The van der Waals surface area contributed by atoms with Crippen molar-refractivity contribution in [3.63, 3.8) is 0 Å². The van der Waals surface area contributed by atoms with Crippen molar-refractivity contribution in [3.05, 3.63) is 52.3 Å². The molecule has 0 radical (unpaired) electrons. The van der Waals surface area contributed by atoms with Crippen molar-refractivity contribution < 1.29 is 18.7 Å². The van der Waals surface area contributed by atoms with Gasteiger partial charge in [-0.15, -0.1) is 0 Å². The molecule has 0 spiro atoms. The van der Waals surface area contributed by atoms with Crippen LogP contribution in [0.2, 0.25) is 0 Å². The fourth-order valence-electron chi connectivity index (χ4n) is 2.60. The van der Waals surface area contributed by atoms with Gasteiger partial charge in [0, 0.05) is 12.1 Å². The molecule has 2 rings (SSSR count). The number of hydrogen-bond acceptors (Lipinski definition) is 5. The number of hydrogen-bond donors (Lipinski definition) is 0. The van der Waals surface area contributed by atoms with Gasteiger partial charge in [0.15, 0.2) is 5.17 Å². The van der Waals surface area contributed by atoms with Crippen LogP contribution in [0.15, 0.2) is 51.5 Å². The second-order valence-electron chi connectivity index (χ2n) is 7.57. The minimum absolute atomic E-state index is 0.00323. The van der Waals surface area contributed by atoms with Gasteiger partial charge in [-0.2, -0.15) is 0 Å². The summed E-state index contributed by atoms with van der Waals surface area (Å²) in [5.74, 6) is -1.06. The highest BCUT2D eigenvalue weighted by atomic mass is 79.9. The van der Waals surface area contributed by atoms with E-state index in [-0.39, 0.29) is 11.7 Å². The minimum Gasteiger partial charge on any atom is -0.459 e. The number of halogens is 2. The molecule has 0 saturated carbocycles. The molecular weight excluding hydrogens is 471 g/mol. The summed E-state index contributed by atoms with van der Waals surface area (Å²) in [5.41, 5.74) is 0.458. The molecule has 1 aliphatic rings. The fraction of sp³-hybridized carbons (Fsp3) is 0.409. The van der Waals surface area contributed by atoms with Crippen LogP contribution in [0.3, 0.4) is 0 Å². The summed E-state index contributed by atoms with van der Waals surface area (Å²) >= 11 is 4.63. The highest BCUT2D eigenvalue weighted by Crippen LogP contribution is 2.26. The van der Waals surface area contributed by atoms with Crippen LogP contribution in [0.5, 0.6) is 0 Å². The van der Waals surface area contributed by atoms with E-state index in [1.807, 2.05) is 13.0 Å². The van der Waals surface area contributed by atoms with Gasteiger partial charge in [-0.05, 0) is 62.4 Å². The number of aliphatic imine (C=N–C) groups is 1. The Labute approximate surface area is 189 Å². The van der Waals surface area contributed by atoms with Crippen LogP contribution < -0.4 is 4.90 Å². The Hall–Kier alpha value is -1.93. The van der Waals surface area contributed by atoms with Crippen molar-refractivity contribution in [3.8, 4) is 0 Å². The molecule has 0 bridgehead atoms.